The lowest BCUT2D eigenvalue weighted by molar-refractivity contribution is -0.122. The molecule has 0 aliphatic rings. The van der Waals surface area contributed by atoms with Crippen LogP contribution in [0.5, 0.6) is 5.75 Å². The van der Waals surface area contributed by atoms with Crippen molar-refractivity contribution in [1.82, 2.24) is 0 Å². The first kappa shape index (κ1) is 19.0. The Hall–Kier alpha value is -1.33. The van der Waals surface area contributed by atoms with Crippen molar-refractivity contribution in [3.8, 4) is 5.75 Å². The maximum atomic E-state index is 12.5. The Balaban J connectivity index is 2.09. The lowest BCUT2D eigenvalue weighted by Gasteiger charge is -2.19. The molecule has 2 rings (SSSR count). The summed E-state index contributed by atoms with van der Waals surface area (Å²) < 4.78 is 7.53. The third-order valence-corrected chi connectivity index (χ3v) is 5.04. The molecule has 0 aromatic heterocycles. The summed E-state index contributed by atoms with van der Waals surface area (Å²) in [6.07, 6.45) is 0.414. The summed E-state index contributed by atoms with van der Waals surface area (Å²) in [7, 11) is 0. The highest BCUT2D eigenvalue weighted by molar-refractivity contribution is 9.11. The lowest BCUT2D eigenvalue weighted by atomic mass is 9.97. The first-order valence-electron chi connectivity index (χ1n) is 7.93. The fourth-order valence-corrected chi connectivity index (χ4v) is 3.45. The number of benzene rings is 2. The maximum absolute atomic E-state index is 12.5. The van der Waals surface area contributed by atoms with E-state index in [2.05, 4.69) is 57.1 Å². The van der Waals surface area contributed by atoms with E-state index in [0.29, 0.717) is 11.7 Å². The van der Waals surface area contributed by atoms with Gasteiger partial charge in [-0.2, -0.15) is 0 Å². The molecule has 0 radical (unpaired) electrons. The molecule has 0 saturated carbocycles. The fourth-order valence-electron chi connectivity index (χ4n) is 2.31. The van der Waals surface area contributed by atoms with Gasteiger partial charge in [-0.1, -0.05) is 48.0 Å². The summed E-state index contributed by atoms with van der Waals surface area (Å²) in [6.45, 7) is 6.04. The summed E-state index contributed by atoms with van der Waals surface area (Å²) >= 11 is 6.84. The van der Waals surface area contributed by atoms with Gasteiger partial charge in [0.1, 0.15) is 5.75 Å². The van der Waals surface area contributed by atoms with E-state index in [9.17, 15) is 4.79 Å². The van der Waals surface area contributed by atoms with Gasteiger partial charge in [-0.25, -0.2) is 0 Å². The molecule has 0 aliphatic heterocycles. The third kappa shape index (κ3) is 4.84. The molecule has 0 aliphatic carbocycles. The Bertz CT molecular complexity index is 718. The molecule has 2 aromatic rings. The van der Waals surface area contributed by atoms with Gasteiger partial charge in [-0.15, -0.1) is 0 Å². The molecule has 2 aromatic carbocycles. The second-order valence-corrected chi connectivity index (χ2v) is 7.49. The van der Waals surface area contributed by atoms with Crippen LogP contribution < -0.4 is 10.1 Å². The summed E-state index contributed by atoms with van der Waals surface area (Å²) in [4.78, 5) is 12.5. The zero-order valence-corrected chi connectivity index (χ0v) is 17.1. The van der Waals surface area contributed by atoms with Gasteiger partial charge in [0.25, 0.3) is 5.91 Å². The number of anilines is 1. The molecule has 2 atom stereocenters. The van der Waals surface area contributed by atoms with Crippen LogP contribution in [-0.2, 0) is 4.79 Å². The molecule has 0 bridgehead atoms. The van der Waals surface area contributed by atoms with E-state index < -0.39 is 6.10 Å². The van der Waals surface area contributed by atoms with E-state index in [1.54, 1.807) is 6.92 Å². The van der Waals surface area contributed by atoms with Gasteiger partial charge in [0.05, 0.1) is 4.47 Å². The Kier molecular flexibility index (Phi) is 6.87. The summed E-state index contributed by atoms with van der Waals surface area (Å²) in [5, 5.41) is 2.99. The molecule has 0 unspecified atom stereocenters. The number of carbonyl (C=O) groups excluding carboxylic acids is 1. The zero-order chi connectivity index (χ0) is 17.7. The Morgan fingerprint density at radius 2 is 1.88 bits per heavy atom. The van der Waals surface area contributed by atoms with Crippen LogP contribution in [0.4, 0.5) is 5.69 Å². The van der Waals surface area contributed by atoms with Crippen molar-refractivity contribution in [1.29, 1.82) is 0 Å². The molecule has 128 valence electrons. The number of hydrogen-bond donors (Lipinski definition) is 1. The van der Waals surface area contributed by atoms with Crippen molar-refractivity contribution in [3.05, 3.63) is 57.0 Å². The van der Waals surface area contributed by atoms with Gasteiger partial charge in [-0.05, 0) is 65.0 Å². The minimum Gasteiger partial charge on any atom is -0.480 e. The first-order valence-corrected chi connectivity index (χ1v) is 9.52. The van der Waals surface area contributed by atoms with Crippen LogP contribution in [0.2, 0.25) is 0 Å². The van der Waals surface area contributed by atoms with Crippen molar-refractivity contribution in [2.24, 2.45) is 0 Å². The monoisotopic (exact) mass is 453 g/mol. The van der Waals surface area contributed by atoms with Crippen LogP contribution in [0, 0.1) is 0 Å². The molecular formula is C19H21Br2NO2. The Morgan fingerprint density at radius 3 is 2.54 bits per heavy atom. The highest BCUT2D eigenvalue weighted by Gasteiger charge is 2.18. The van der Waals surface area contributed by atoms with Crippen LogP contribution in [0.3, 0.4) is 0 Å². The highest BCUT2D eigenvalue weighted by Crippen LogP contribution is 2.30. The largest absolute Gasteiger partial charge is 0.480 e. The van der Waals surface area contributed by atoms with Gasteiger partial charge in [0.2, 0.25) is 0 Å². The fraction of sp³-hybridized carbons (Fsp3) is 0.316. The number of halogens is 2. The van der Waals surface area contributed by atoms with Crippen LogP contribution in [0.1, 0.15) is 38.7 Å². The van der Waals surface area contributed by atoms with Crippen LogP contribution in [0.25, 0.3) is 0 Å². The quantitative estimate of drug-likeness (QED) is 0.569. The van der Waals surface area contributed by atoms with E-state index in [-0.39, 0.29) is 5.91 Å². The lowest BCUT2D eigenvalue weighted by Crippen LogP contribution is -2.30. The van der Waals surface area contributed by atoms with Crippen molar-refractivity contribution in [2.45, 2.75) is 39.2 Å². The second kappa shape index (κ2) is 8.67. The molecule has 0 heterocycles. The molecule has 24 heavy (non-hydrogen) atoms. The van der Waals surface area contributed by atoms with Gasteiger partial charge in [0, 0.05) is 10.2 Å². The molecule has 1 amide bonds. The molecular weight excluding hydrogens is 434 g/mol. The van der Waals surface area contributed by atoms with Gasteiger partial charge in [0.15, 0.2) is 6.10 Å². The van der Waals surface area contributed by atoms with E-state index in [1.807, 2.05) is 36.4 Å². The standard InChI is InChI=1S/C19H21Br2NO2/c1-4-12(2)15-7-5-6-8-17(15)22-19(23)13(3)24-18-10-9-14(20)11-16(18)21/h5-13H,4H2,1-3H3,(H,22,23)/t12-,13+/m1/s1. The van der Waals surface area contributed by atoms with Gasteiger partial charge >= 0.3 is 0 Å². The Labute approximate surface area is 160 Å². The average Bonchev–Trinajstić information content (AvgIpc) is 2.57. The number of hydrogen-bond acceptors (Lipinski definition) is 2. The van der Waals surface area contributed by atoms with E-state index >= 15 is 0 Å². The minimum absolute atomic E-state index is 0.166. The molecule has 0 spiro atoms. The molecule has 1 N–H and O–H groups in total. The van der Waals surface area contributed by atoms with Gasteiger partial charge < -0.3 is 10.1 Å². The second-order valence-electron chi connectivity index (χ2n) is 5.72. The van der Waals surface area contributed by atoms with Crippen LogP contribution in [0.15, 0.2) is 51.4 Å². The number of rotatable bonds is 6. The van der Waals surface area contributed by atoms with E-state index in [0.717, 1.165) is 26.6 Å². The van der Waals surface area contributed by atoms with Crippen molar-refractivity contribution >= 4 is 43.5 Å². The normalized spacial score (nSPS) is 13.2. The van der Waals surface area contributed by atoms with Crippen LogP contribution >= 0.6 is 31.9 Å². The Morgan fingerprint density at radius 1 is 1.17 bits per heavy atom. The summed E-state index contributed by atoms with van der Waals surface area (Å²) in [6, 6.07) is 13.5. The number of ether oxygens (including phenoxy) is 1. The maximum Gasteiger partial charge on any atom is 0.265 e. The minimum atomic E-state index is -0.604. The number of carbonyl (C=O) groups is 1. The predicted octanol–water partition coefficient (Wildman–Crippen LogP) is 6.13. The first-order chi connectivity index (χ1) is 11.4. The SMILES string of the molecule is CC[C@@H](C)c1ccccc1NC(=O)[C@H](C)Oc1ccc(Br)cc1Br. The molecule has 0 saturated heterocycles. The van der Waals surface area contributed by atoms with Crippen molar-refractivity contribution in [2.75, 3.05) is 5.32 Å². The topological polar surface area (TPSA) is 38.3 Å². The molecule has 5 heteroatoms. The molecule has 0 fully saturated rings. The smallest absolute Gasteiger partial charge is 0.265 e. The number of nitrogens with one attached hydrogen (secondary N) is 1. The van der Waals surface area contributed by atoms with E-state index in [4.69, 9.17) is 4.74 Å². The van der Waals surface area contributed by atoms with Crippen LogP contribution in [-0.4, -0.2) is 12.0 Å². The van der Waals surface area contributed by atoms with Crippen molar-refractivity contribution < 1.29 is 9.53 Å². The summed E-state index contributed by atoms with van der Waals surface area (Å²) in [5.74, 6) is 0.856. The number of amides is 1. The predicted molar refractivity (Wildman–Crippen MR) is 106 cm³/mol. The molecule has 3 nitrogen and oxygen atoms in total. The highest BCUT2D eigenvalue weighted by atomic mass is 79.9. The van der Waals surface area contributed by atoms with Gasteiger partial charge in [-0.3, -0.25) is 4.79 Å². The van der Waals surface area contributed by atoms with Crippen molar-refractivity contribution in [3.63, 3.8) is 0 Å². The van der Waals surface area contributed by atoms with E-state index in [1.165, 1.54) is 0 Å². The number of para-hydroxylation sites is 1. The average molecular weight is 455 g/mol. The third-order valence-electron chi connectivity index (χ3n) is 3.93. The zero-order valence-electron chi connectivity index (χ0n) is 14.0. The summed E-state index contributed by atoms with van der Waals surface area (Å²) in [5.41, 5.74) is 1.99.